The van der Waals surface area contributed by atoms with Crippen molar-refractivity contribution in [1.82, 2.24) is 0 Å². The van der Waals surface area contributed by atoms with Gasteiger partial charge in [-0.2, -0.15) is 0 Å². The van der Waals surface area contributed by atoms with E-state index in [1.54, 1.807) is 0 Å². The molecule has 0 atom stereocenters. The quantitative estimate of drug-likeness (QED) is 0.602. The van der Waals surface area contributed by atoms with Crippen molar-refractivity contribution in [3.8, 4) is 0 Å². The van der Waals surface area contributed by atoms with Gasteiger partial charge in [-0.15, -0.1) is 0 Å². The molecule has 1 heterocycles. The summed E-state index contributed by atoms with van der Waals surface area (Å²) in [6.45, 7) is 1.09. The van der Waals surface area contributed by atoms with Crippen molar-refractivity contribution in [2.45, 2.75) is 32.1 Å². The average molecular weight is 203 g/mol. The Bertz CT molecular complexity index is 346. The lowest BCUT2D eigenvalue weighted by atomic mass is 9.98. The van der Waals surface area contributed by atoms with Gasteiger partial charge in [0.2, 0.25) is 0 Å². The first kappa shape index (κ1) is 10.2. The summed E-state index contributed by atoms with van der Waals surface area (Å²) in [5.41, 5.74) is 4.09. The predicted molar refractivity (Wildman–Crippen MR) is 62.3 cm³/mol. The zero-order valence-electron chi connectivity index (χ0n) is 8.96. The van der Waals surface area contributed by atoms with Crippen LogP contribution < -0.4 is 5.32 Å². The Morgan fingerprint density at radius 1 is 1.40 bits per heavy atom. The van der Waals surface area contributed by atoms with Crippen LogP contribution in [-0.4, -0.2) is 12.8 Å². The van der Waals surface area contributed by atoms with Crippen LogP contribution in [0.3, 0.4) is 0 Å². The number of rotatable bonds is 4. The number of unbranched alkanes of at least 4 members (excludes halogenated alkanes) is 1. The first-order valence-corrected chi connectivity index (χ1v) is 5.69. The van der Waals surface area contributed by atoms with Crippen LogP contribution in [0, 0.1) is 0 Å². The number of anilines is 1. The molecule has 80 valence electrons. The Hall–Kier alpha value is -1.31. The van der Waals surface area contributed by atoms with Crippen molar-refractivity contribution < 1.29 is 4.79 Å². The lowest BCUT2D eigenvalue weighted by Crippen LogP contribution is -2.11. The highest BCUT2D eigenvalue weighted by molar-refractivity contribution is 5.54. The lowest BCUT2D eigenvalue weighted by Gasteiger charge is -2.18. The second-order valence-corrected chi connectivity index (χ2v) is 4.08. The summed E-state index contributed by atoms with van der Waals surface area (Å²) >= 11 is 0. The minimum absolute atomic E-state index is 0.676. The number of benzene rings is 1. The fraction of sp³-hybridized carbons (Fsp3) is 0.462. The largest absolute Gasteiger partial charge is 0.385 e. The second kappa shape index (κ2) is 4.96. The fourth-order valence-corrected chi connectivity index (χ4v) is 2.07. The van der Waals surface area contributed by atoms with Gasteiger partial charge >= 0.3 is 0 Å². The van der Waals surface area contributed by atoms with E-state index in [1.165, 1.54) is 29.7 Å². The van der Waals surface area contributed by atoms with Gasteiger partial charge in [-0.3, -0.25) is 0 Å². The van der Waals surface area contributed by atoms with Gasteiger partial charge in [0.15, 0.2) is 0 Å². The van der Waals surface area contributed by atoms with Crippen LogP contribution >= 0.6 is 0 Å². The lowest BCUT2D eigenvalue weighted by molar-refractivity contribution is -0.107. The number of hydrogen-bond donors (Lipinski definition) is 1. The van der Waals surface area contributed by atoms with Crippen molar-refractivity contribution in [3.05, 3.63) is 29.3 Å². The summed E-state index contributed by atoms with van der Waals surface area (Å²) in [7, 11) is 0. The number of fused-ring (bicyclic) bond motifs is 1. The van der Waals surface area contributed by atoms with Crippen molar-refractivity contribution >= 4 is 12.0 Å². The van der Waals surface area contributed by atoms with E-state index < -0.39 is 0 Å². The molecular formula is C13H17NO. The van der Waals surface area contributed by atoms with Crippen LogP contribution in [0.1, 0.15) is 30.4 Å². The summed E-state index contributed by atoms with van der Waals surface area (Å²) < 4.78 is 0. The van der Waals surface area contributed by atoms with Gasteiger partial charge in [0.05, 0.1) is 0 Å². The van der Waals surface area contributed by atoms with Crippen molar-refractivity contribution in [2.75, 3.05) is 11.9 Å². The van der Waals surface area contributed by atoms with Crippen LogP contribution in [0.5, 0.6) is 0 Å². The smallest absolute Gasteiger partial charge is 0.120 e. The van der Waals surface area contributed by atoms with Gasteiger partial charge in [-0.1, -0.05) is 12.1 Å². The third-order valence-electron chi connectivity index (χ3n) is 2.90. The van der Waals surface area contributed by atoms with Crippen molar-refractivity contribution in [2.24, 2.45) is 0 Å². The molecule has 0 aromatic heterocycles. The predicted octanol–water partition coefficient (Wildman–Crippen LogP) is 2.57. The third-order valence-corrected chi connectivity index (χ3v) is 2.90. The van der Waals surface area contributed by atoms with Gasteiger partial charge in [0.25, 0.3) is 0 Å². The minimum atomic E-state index is 0.676. The first-order chi connectivity index (χ1) is 7.40. The molecule has 0 radical (unpaired) electrons. The van der Waals surface area contributed by atoms with E-state index in [0.29, 0.717) is 6.42 Å². The molecule has 2 rings (SSSR count). The summed E-state index contributed by atoms with van der Waals surface area (Å²) in [6.07, 6.45) is 6.08. The zero-order valence-corrected chi connectivity index (χ0v) is 8.96. The van der Waals surface area contributed by atoms with Crippen molar-refractivity contribution in [3.63, 3.8) is 0 Å². The van der Waals surface area contributed by atoms with Gasteiger partial charge < -0.3 is 10.1 Å². The molecule has 1 aromatic rings. The van der Waals surface area contributed by atoms with Crippen LogP contribution in [-0.2, 0) is 17.6 Å². The van der Waals surface area contributed by atoms with Crippen LogP contribution in [0.15, 0.2) is 18.2 Å². The monoisotopic (exact) mass is 203 g/mol. The Morgan fingerprint density at radius 3 is 3.20 bits per heavy atom. The Labute approximate surface area is 90.7 Å². The number of aldehydes is 1. The average Bonchev–Trinajstić information content (AvgIpc) is 2.29. The van der Waals surface area contributed by atoms with Gasteiger partial charge in [-0.25, -0.2) is 0 Å². The molecule has 0 saturated carbocycles. The maximum atomic E-state index is 10.2. The van der Waals surface area contributed by atoms with Crippen LogP contribution in [0.2, 0.25) is 0 Å². The number of hydrogen-bond acceptors (Lipinski definition) is 2. The molecule has 2 nitrogen and oxygen atoms in total. The molecule has 0 aliphatic carbocycles. The molecule has 0 fully saturated rings. The zero-order chi connectivity index (χ0) is 10.5. The minimum Gasteiger partial charge on any atom is -0.385 e. The van der Waals surface area contributed by atoms with Crippen LogP contribution in [0.25, 0.3) is 0 Å². The third kappa shape index (κ3) is 2.58. The van der Waals surface area contributed by atoms with E-state index in [-0.39, 0.29) is 0 Å². The molecule has 1 aromatic carbocycles. The molecule has 15 heavy (non-hydrogen) atoms. The fourth-order valence-electron chi connectivity index (χ4n) is 2.07. The van der Waals surface area contributed by atoms with E-state index in [2.05, 4.69) is 23.5 Å². The highest BCUT2D eigenvalue weighted by atomic mass is 16.1. The normalized spacial score (nSPS) is 14.1. The summed E-state index contributed by atoms with van der Waals surface area (Å²) in [5.74, 6) is 0. The molecule has 0 saturated heterocycles. The maximum absolute atomic E-state index is 10.2. The molecule has 2 heteroatoms. The molecule has 1 aliphatic heterocycles. The molecule has 0 spiro atoms. The molecule has 1 aliphatic rings. The van der Waals surface area contributed by atoms with E-state index >= 15 is 0 Å². The second-order valence-electron chi connectivity index (χ2n) is 4.08. The summed E-state index contributed by atoms with van der Waals surface area (Å²) in [6, 6.07) is 6.62. The van der Waals surface area contributed by atoms with Crippen molar-refractivity contribution in [1.29, 1.82) is 0 Å². The van der Waals surface area contributed by atoms with E-state index in [9.17, 15) is 4.79 Å². The maximum Gasteiger partial charge on any atom is 0.120 e. The molecular weight excluding hydrogens is 186 g/mol. The van der Waals surface area contributed by atoms with Crippen LogP contribution in [0.4, 0.5) is 5.69 Å². The molecule has 0 bridgehead atoms. The standard InChI is InChI=1S/C13H17NO/c15-9-2-1-4-11-6-7-13-12(10-11)5-3-8-14-13/h6-7,9-10,14H,1-5,8H2. The number of carbonyl (C=O) groups excluding carboxylic acids is 1. The molecule has 1 N–H and O–H groups in total. The number of aryl methyl sites for hydroxylation is 2. The highest BCUT2D eigenvalue weighted by Crippen LogP contribution is 2.23. The Morgan fingerprint density at radius 2 is 2.33 bits per heavy atom. The number of nitrogens with one attached hydrogen (secondary N) is 1. The van der Waals surface area contributed by atoms with E-state index in [4.69, 9.17) is 0 Å². The first-order valence-electron chi connectivity index (χ1n) is 5.69. The summed E-state index contributed by atoms with van der Waals surface area (Å²) in [4.78, 5) is 10.2. The van der Waals surface area contributed by atoms with Gasteiger partial charge in [0.1, 0.15) is 6.29 Å². The molecule has 0 amide bonds. The Kier molecular flexibility index (Phi) is 3.38. The molecule has 0 unspecified atom stereocenters. The number of carbonyl (C=O) groups is 1. The SMILES string of the molecule is O=CCCCc1ccc2c(c1)CCCN2. The highest BCUT2D eigenvalue weighted by Gasteiger charge is 2.08. The van der Waals surface area contributed by atoms with E-state index in [0.717, 1.165) is 25.7 Å². The topological polar surface area (TPSA) is 29.1 Å². The Balaban J connectivity index is 2.03. The van der Waals surface area contributed by atoms with Gasteiger partial charge in [0, 0.05) is 18.7 Å². The summed E-state index contributed by atoms with van der Waals surface area (Å²) in [5, 5.41) is 3.40. The van der Waals surface area contributed by atoms with Gasteiger partial charge in [-0.05, 0) is 42.9 Å². The van der Waals surface area contributed by atoms with E-state index in [1.807, 2.05) is 0 Å².